The van der Waals surface area contributed by atoms with Crippen molar-refractivity contribution >= 4 is 34.8 Å². The summed E-state index contributed by atoms with van der Waals surface area (Å²) in [6.45, 7) is 0.410. The molecule has 0 saturated heterocycles. The Bertz CT molecular complexity index is 823. The van der Waals surface area contributed by atoms with Gasteiger partial charge in [0.2, 0.25) is 0 Å². The van der Waals surface area contributed by atoms with Gasteiger partial charge in [-0.2, -0.15) is 5.26 Å². The van der Waals surface area contributed by atoms with E-state index in [0.29, 0.717) is 28.7 Å². The summed E-state index contributed by atoms with van der Waals surface area (Å²) in [5.74, 6) is 0.321. The van der Waals surface area contributed by atoms with Crippen LogP contribution in [0.25, 0.3) is 0 Å². The van der Waals surface area contributed by atoms with Gasteiger partial charge in [0.05, 0.1) is 7.11 Å². The van der Waals surface area contributed by atoms with E-state index in [4.69, 9.17) is 27.9 Å². The van der Waals surface area contributed by atoms with Gasteiger partial charge >= 0.3 is 0 Å². The van der Waals surface area contributed by atoms with E-state index in [1.165, 1.54) is 6.20 Å². The molecule has 0 aliphatic carbocycles. The highest BCUT2D eigenvalue weighted by Crippen LogP contribution is 2.22. The first-order chi connectivity index (χ1) is 12.5. The van der Waals surface area contributed by atoms with Crippen molar-refractivity contribution in [1.29, 1.82) is 5.26 Å². The molecule has 7 heteroatoms. The van der Waals surface area contributed by atoms with E-state index in [0.717, 1.165) is 11.3 Å². The third-order valence-corrected chi connectivity index (χ3v) is 3.91. The quantitative estimate of drug-likeness (QED) is 0.550. The van der Waals surface area contributed by atoms with Crippen molar-refractivity contribution in [1.82, 2.24) is 5.32 Å². The number of amides is 1. The minimum absolute atomic E-state index is 0.0455. The van der Waals surface area contributed by atoms with Gasteiger partial charge in [0, 0.05) is 28.5 Å². The lowest BCUT2D eigenvalue weighted by atomic mass is 10.1. The van der Waals surface area contributed by atoms with Crippen molar-refractivity contribution in [3.8, 4) is 11.8 Å². The van der Waals surface area contributed by atoms with Gasteiger partial charge in [0.1, 0.15) is 17.4 Å². The molecule has 0 aliphatic heterocycles. The number of hydrogen-bond donors (Lipinski definition) is 2. The Morgan fingerprint density at radius 3 is 2.42 bits per heavy atom. The summed E-state index contributed by atoms with van der Waals surface area (Å²) in [4.78, 5) is 12.1. The molecule has 2 N–H and O–H groups in total. The first-order valence-electron chi connectivity index (χ1n) is 7.76. The number of carbonyl (C=O) groups is 1. The van der Waals surface area contributed by atoms with Crippen molar-refractivity contribution in [2.24, 2.45) is 0 Å². The number of ether oxygens (including phenoxy) is 1. The zero-order chi connectivity index (χ0) is 18.9. The molecule has 134 valence electrons. The Morgan fingerprint density at radius 1 is 1.19 bits per heavy atom. The lowest BCUT2D eigenvalue weighted by Gasteiger charge is -2.07. The monoisotopic (exact) mass is 389 g/mol. The van der Waals surface area contributed by atoms with Crippen molar-refractivity contribution in [3.63, 3.8) is 0 Å². The second kappa shape index (κ2) is 9.71. The molecule has 0 aromatic heterocycles. The molecule has 1 amide bonds. The highest BCUT2D eigenvalue weighted by atomic mass is 35.5. The second-order valence-corrected chi connectivity index (χ2v) is 6.20. The van der Waals surface area contributed by atoms with Crippen LogP contribution in [0, 0.1) is 11.3 Å². The van der Waals surface area contributed by atoms with Crippen LogP contribution in [0.5, 0.6) is 5.75 Å². The Labute approximate surface area is 162 Å². The molecule has 0 saturated carbocycles. The van der Waals surface area contributed by atoms with Crippen LogP contribution in [-0.4, -0.2) is 19.6 Å². The number of rotatable bonds is 7. The maximum Gasteiger partial charge on any atom is 0.263 e. The van der Waals surface area contributed by atoms with Gasteiger partial charge in [-0.25, -0.2) is 0 Å². The van der Waals surface area contributed by atoms with Crippen LogP contribution < -0.4 is 15.4 Å². The minimum Gasteiger partial charge on any atom is -0.497 e. The maximum absolute atomic E-state index is 12.1. The minimum atomic E-state index is -0.457. The Hall–Kier alpha value is -2.68. The lowest BCUT2D eigenvalue weighted by molar-refractivity contribution is -0.117. The third-order valence-electron chi connectivity index (χ3n) is 3.47. The summed E-state index contributed by atoms with van der Waals surface area (Å²) in [6, 6.07) is 14.3. The summed E-state index contributed by atoms with van der Waals surface area (Å²) in [6.07, 6.45) is 1.97. The van der Waals surface area contributed by atoms with Gasteiger partial charge in [-0.3, -0.25) is 4.79 Å². The van der Waals surface area contributed by atoms with Crippen molar-refractivity contribution in [2.45, 2.75) is 6.42 Å². The number of benzene rings is 2. The van der Waals surface area contributed by atoms with Gasteiger partial charge < -0.3 is 15.4 Å². The molecule has 0 atom stereocenters. The molecule has 0 radical (unpaired) electrons. The molecule has 0 bridgehead atoms. The second-order valence-electron chi connectivity index (χ2n) is 5.33. The van der Waals surface area contributed by atoms with Crippen LogP contribution in [0.1, 0.15) is 5.56 Å². The van der Waals surface area contributed by atoms with E-state index in [-0.39, 0.29) is 5.57 Å². The zero-order valence-electron chi connectivity index (χ0n) is 14.1. The van der Waals surface area contributed by atoms with E-state index in [1.54, 1.807) is 25.3 Å². The van der Waals surface area contributed by atoms with Crippen molar-refractivity contribution in [2.75, 3.05) is 19.0 Å². The molecule has 0 spiro atoms. The predicted octanol–water partition coefficient (Wildman–Crippen LogP) is 4.18. The predicted molar refractivity (Wildman–Crippen MR) is 103 cm³/mol. The van der Waals surface area contributed by atoms with Gasteiger partial charge in [-0.1, -0.05) is 35.3 Å². The fourth-order valence-electron chi connectivity index (χ4n) is 2.15. The summed E-state index contributed by atoms with van der Waals surface area (Å²) in [5.41, 5.74) is 1.59. The number of carbonyl (C=O) groups excluding carboxylic acids is 1. The van der Waals surface area contributed by atoms with E-state index in [9.17, 15) is 10.1 Å². The van der Waals surface area contributed by atoms with E-state index < -0.39 is 5.91 Å². The molecule has 26 heavy (non-hydrogen) atoms. The smallest absolute Gasteiger partial charge is 0.263 e. The highest BCUT2D eigenvalue weighted by molar-refractivity contribution is 6.35. The Balaban J connectivity index is 1.90. The van der Waals surface area contributed by atoms with E-state index >= 15 is 0 Å². The molecule has 2 rings (SSSR count). The van der Waals surface area contributed by atoms with Gasteiger partial charge in [0.15, 0.2) is 0 Å². The Kier molecular flexibility index (Phi) is 7.34. The maximum atomic E-state index is 12.1. The number of halogens is 2. The Morgan fingerprint density at radius 2 is 1.85 bits per heavy atom. The van der Waals surface area contributed by atoms with Gasteiger partial charge in [-0.05, 0) is 42.3 Å². The lowest BCUT2D eigenvalue weighted by Crippen LogP contribution is -2.27. The average Bonchev–Trinajstić information content (AvgIpc) is 2.62. The molecule has 0 aliphatic rings. The fraction of sp³-hybridized carbons (Fsp3) is 0.158. The average molecular weight is 390 g/mol. The van der Waals surface area contributed by atoms with Crippen LogP contribution in [0.15, 0.2) is 54.2 Å². The van der Waals surface area contributed by atoms with Crippen molar-refractivity contribution in [3.05, 3.63) is 69.8 Å². The first kappa shape index (κ1) is 19.6. The fourth-order valence-corrected chi connectivity index (χ4v) is 2.68. The van der Waals surface area contributed by atoms with Gasteiger partial charge in [-0.15, -0.1) is 0 Å². The van der Waals surface area contributed by atoms with Crippen molar-refractivity contribution < 1.29 is 9.53 Å². The van der Waals surface area contributed by atoms with Gasteiger partial charge in [0.25, 0.3) is 5.91 Å². The van der Waals surface area contributed by atoms with E-state index in [1.807, 2.05) is 30.3 Å². The molecule has 0 unspecified atom stereocenters. The highest BCUT2D eigenvalue weighted by Gasteiger charge is 2.08. The van der Waals surface area contributed by atoms with Crippen LogP contribution in [0.3, 0.4) is 0 Å². The standard InChI is InChI=1S/C19H17Cl2N3O2/c1-26-18-4-2-13(3-5-18)6-7-23-19(25)14(11-22)12-24-17-9-15(20)8-16(21)10-17/h2-5,8-10,12,24H,6-7H2,1H3,(H,23,25)/b14-12-. The molecule has 5 nitrogen and oxygen atoms in total. The molecule has 2 aromatic carbocycles. The normalized spacial score (nSPS) is 10.8. The molecular formula is C19H17Cl2N3O2. The molecule has 0 fully saturated rings. The number of anilines is 1. The number of nitriles is 1. The number of methoxy groups -OCH3 is 1. The van der Waals surface area contributed by atoms with Crippen LogP contribution in [-0.2, 0) is 11.2 Å². The summed E-state index contributed by atoms with van der Waals surface area (Å²) < 4.78 is 5.10. The summed E-state index contributed by atoms with van der Waals surface area (Å²) in [7, 11) is 1.61. The number of nitrogens with one attached hydrogen (secondary N) is 2. The largest absolute Gasteiger partial charge is 0.497 e. The van der Waals surface area contributed by atoms with E-state index in [2.05, 4.69) is 10.6 Å². The molecule has 0 heterocycles. The number of nitrogens with zero attached hydrogens (tertiary/aromatic N) is 1. The first-order valence-corrected chi connectivity index (χ1v) is 8.51. The summed E-state index contributed by atoms with van der Waals surface area (Å²) in [5, 5.41) is 15.6. The molecule has 2 aromatic rings. The number of hydrogen-bond acceptors (Lipinski definition) is 4. The van der Waals surface area contributed by atoms with Crippen LogP contribution in [0.4, 0.5) is 5.69 Å². The third kappa shape index (κ3) is 5.99. The topological polar surface area (TPSA) is 74.1 Å². The zero-order valence-corrected chi connectivity index (χ0v) is 15.6. The van der Waals surface area contributed by atoms with Crippen LogP contribution in [0.2, 0.25) is 10.0 Å². The SMILES string of the molecule is COc1ccc(CCNC(=O)/C(C#N)=C\Nc2cc(Cl)cc(Cl)c2)cc1. The van der Waals surface area contributed by atoms with Crippen LogP contribution >= 0.6 is 23.2 Å². The summed E-state index contributed by atoms with van der Waals surface area (Å²) >= 11 is 11.8. The molecular weight excluding hydrogens is 373 g/mol.